The third kappa shape index (κ3) is 3.38. The lowest BCUT2D eigenvalue weighted by Crippen LogP contribution is -2.39. The van der Waals surface area contributed by atoms with Gasteiger partial charge in [0.15, 0.2) is 5.60 Å². The van der Waals surface area contributed by atoms with E-state index in [1.54, 1.807) is 0 Å². The summed E-state index contributed by atoms with van der Waals surface area (Å²) in [6, 6.07) is 6.94. The third-order valence-electron chi connectivity index (χ3n) is 3.50. The van der Waals surface area contributed by atoms with Crippen molar-refractivity contribution < 1.29 is 31.8 Å². The molecule has 0 bridgehead atoms. The van der Waals surface area contributed by atoms with Crippen LogP contribution in [0.5, 0.6) is 0 Å². The van der Waals surface area contributed by atoms with Gasteiger partial charge in [-0.1, -0.05) is 23.7 Å². The molecule has 0 amide bonds. The number of hydrogen-bond donors (Lipinski definition) is 3. The predicted octanol–water partition coefficient (Wildman–Crippen LogP) is 5.42. The number of aliphatic hydroxyl groups is 1. The van der Waals surface area contributed by atoms with Crippen molar-refractivity contribution in [1.29, 1.82) is 0 Å². The third-order valence-corrected chi connectivity index (χ3v) is 5.82. The van der Waals surface area contributed by atoms with Gasteiger partial charge in [-0.15, -0.1) is 10.6 Å². The summed E-state index contributed by atoms with van der Waals surface area (Å²) in [6.45, 7) is 0.594. The first-order valence-electron chi connectivity index (χ1n) is 6.50. The Balaban J connectivity index is 2.43. The first-order valence-corrected chi connectivity index (χ1v) is 8.43. The SMILES string of the molecule is CC(O)(c1ccc(S(O)(O)c2ccc(F)cc2Cl)cc1)C(F)(F)F. The zero-order chi connectivity index (χ0) is 18.3. The van der Waals surface area contributed by atoms with Gasteiger partial charge >= 0.3 is 6.18 Å². The van der Waals surface area contributed by atoms with Gasteiger partial charge in [0.2, 0.25) is 0 Å². The highest BCUT2D eigenvalue weighted by molar-refractivity contribution is 8.24. The summed E-state index contributed by atoms with van der Waals surface area (Å²) in [4.78, 5) is -0.265. The van der Waals surface area contributed by atoms with Crippen LogP contribution in [0.15, 0.2) is 52.3 Å². The molecule has 2 aromatic rings. The van der Waals surface area contributed by atoms with Gasteiger partial charge in [-0.25, -0.2) is 4.39 Å². The van der Waals surface area contributed by atoms with Gasteiger partial charge in [-0.05, 0) is 42.8 Å². The predicted molar refractivity (Wildman–Crippen MR) is 82.9 cm³/mol. The van der Waals surface area contributed by atoms with Crippen LogP contribution in [0, 0.1) is 5.82 Å². The fourth-order valence-corrected chi connectivity index (χ4v) is 3.81. The van der Waals surface area contributed by atoms with Crippen molar-refractivity contribution in [3.63, 3.8) is 0 Å². The van der Waals surface area contributed by atoms with E-state index in [9.17, 15) is 31.8 Å². The Labute approximate surface area is 141 Å². The molecular weight excluding hydrogens is 372 g/mol. The Hall–Kier alpha value is -1.32. The first kappa shape index (κ1) is 19.0. The van der Waals surface area contributed by atoms with E-state index < -0.39 is 33.7 Å². The largest absolute Gasteiger partial charge is 0.421 e. The van der Waals surface area contributed by atoms with E-state index in [0.717, 1.165) is 42.5 Å². The van der Waals surface area contributed by atoms with Crippen molar-refractivity contribution in [3.8, 4) is 0 Å². The van der Waals surface area contributed by atoms with E-state index in [0.29, 0.717) is 6.92 Å². The molecule has 0 aromatic heterocycles. The molecule has 0 spiro atoms. The first-order chi connectivity index (χ1) is 10.9. The molecule has 0 aliphatic carbocycles. The number of hydrogen-bond acceptors (Lipinski definition) is 3. The molecule has 9 heteroatoms. The van der Waals surface area contributed by atoms with E-state index in [-0.39, 0.29) is 14.8 Å². The zero-order valence-electron chi connectivity index (χ0n) is 12.2. The van der Waals surface area contributed by atoms with E-state index in [1.807, 2.05) is 0 Å². The molecule has 2 aromatic carbocycles. The minimum absolute atomic E-state index is 0.113. The minimum atomic E-state index is -4.89. The van der Waals surface area contributed by atoms with Gasteiger partial charge in [0, 0.05) is 0 Å². The fraction of sp³-hybridized carbons (Fsp3) is 0.200. The van der Waals surface area contributed by atoms with Gasteiger partial charge in [-0.3, -0.25) is 9.11 Å². The molecule has 1 atom stereocenters. The second-order valence-electron chi connectivity index (χ2n) is 5.22. The fourth-order valence-electron chi connectivity index (χ4n) is 1.97. The second-order valence-corrected chi connectivity index (χ2v) is 7.63. The summed E-state index contributed by atoms with van der Waals surface area (Å²) in [5, 5.41) is 9.38. The van der Waals surface area contributed by atoms with Crippen LogP contribution in [0.4, 0.5) is 17.6 Å². The van der Waals surface area contributed by atoms with E-state index in [2.05, 4.69) is 0 Å². The maximum Gasteiger partial charge on any atom is 0.421 e. The van der Waals surface area contributed by atoms with Gasteiger partial charge in [0.25, 0.3) is 0 Å². The van der Waals surface area contributed by atoms with Crippen molar-refractivity contribution in [1.82, 2.24) is 0 Å². The van der Waals surface area contributed by atoms with Crippen LogP contribution in [0.1, 0.15) is 12.5 Å². The quantitative estimate of drug-likeness (QED) is 0.619. The molecule has 3 nitrogen and oxygen atoms in total. The summed E-state index contributed by atoms with van der Waals surface area (Å²) in [6.07, 6.45) is -4.89. The average molecular weight is 385 g/mol. The molecule has 0 aliphatic heterocycles. The molecule has 0 saturated heterocycles. The molecule has 0 heterocycles. The molecule has 24 heavy (non-hydrogen) atoms. The van der Waals surface area contributed by atoms with Crippen molar-refractivity contribution in [2.75, 3.05) is 0 Å². The maximum absolute atomic E-state index is 13.1. The Morgan fingerprint density at radius 3 is 2.00 bits per heavy atom. The highest BCUT2D eigenvalue weighted by atomic mass is 35.5. The van der Waals surface area contributed by atoms with Crippen LogP contribution in [0.25, 0.3) is 0 Å². The van der Waals surface area contributed by atoms with Crippen molar-refractivity contribution in [2.45, 2.75) is 28.5 Å². The molecule has 0 fully saturated rings. The molecule has 2 rings (SSSR count). The number of benzene rings is 2. The second kappa shape index (κ2) is 6.20. The molecule has 1 unspecified atom stereocenters. The number of alkyl halides is 3. The van der Waals surface area contributed by atoms with E-state index in [4.69, 9.17) is 11.6 Å². The summed E-state index contributed by atoms with van der Waals surface area (Å²) in [5.41, 5.74) is -3.54. The molecule has 3 N–H and O–H groups in total. The highest BCUT2D eigenvalue weighted by Gasteiger charge is 2.51. The molecule has 0 aliphatic rings. The van der Waals surface area contributed by atoms with Crippen molar-refractivity contribution in [2.24, 2.45) is 0 Å². The number of halogens is 5. The minimum Gasteiger partial charge on any atom is -0.376 e. The average Bonchev–Trinajstić information content (AvgIpc) is 2.45. The van der Waals surface area contributed by atoms with Crippen LogP contribution in [-0.2, 0) is 5.60 Å². The highest BCUT2D eigenvalue weighted by Crippen LogP contribution is 2.58. The van der Waals surface area contributed by atoms with Crippen molar-refractivity contribution in [3.05, 3.63) is 58.9 Å². The lowest BCUT2D eigenvalue weighted by Gasteiger charge is -2.34. The van der Waals surface area contributed by atoms with Crippen molar-refractivity contribution >= 4 is 22.2 Å². The topological polar surface area (TPSA) is 60.7 Å². The van der Waals surface area contributed by atoms with Gasteiger partial charge in [-0.2, -0.15) is 13.2 Å². The van der Waals surface area contributed by atoms with Crippen LogP contribution in [-0.4, -0.2) is 20.4 Å². The van der Waals surface area contributed by atoms with Crippen LogP contribution >= 0.6 is 22.2 Å². The summed E-state index contributed by atoms with van der Waals surface area (Å²) in [5.74, 6) is -0.671. The Bertz CT molecular complexity index is 745. The summed E-state index contributed by atoms with van der Waals surface area (Å²) in [7, 11) is -3.65. The standard InChI is InChI=1S/C15H13ClF4O3S/c1-14(21,15(18,19)20)9-2-5-11(6-3-9)24(22,23)13-7-4-10(17)8-12(13)16/h2-8,21-23H,1H3. The van der Waals surface area contributed by atoms with E-state index >= 15 is 0 Å². The normalized spacial score (nSPS) is 15.9. The number of rotatable bonds is 3. The Morgan fingerprint density at radius 1 is 1.00 bits per heavy atom. The summed E-state index contributed by atoms with van der Waals surface area (Å²) < 4.78 is 72.2. The summed E-state index contributed by atoms with van der Waals surface area (Å²) >= 11 is 5.80. The Morgan fingerprint density at radius 2 is 1.54 bits per heavy atom. The smallest absolute Gasteiger partial charge is 0.376 e. The molecule has 0 saturated carbocycles. The van der Waals surface area contributed by atoms with Crippen LogP contribution in [0.2, 0.25) is 5.02 Å². The Kier molecular flexibility index (Phi) is 4.91. The van der Waals surface area contributed by atoms with Crippen LogP contribution < -0.4 is 0 Å². The molecule has 0 radical (unpaired) electrons. The van der Waals surface area contributed by atoms with Crippen LogP contribution in [0.3, 0.4) is 0 Å². The monoisotopic (exact) mass is 384 g/mol. The molecule has 132 valence electrons. The lowest BCUT2D eigenvalue weighted by atomic mass is 9.96. The lowest BCUT2D eigenvalue weighted by molar-refractivity contribution is -0.258. The van der Waals surface area contributed by atoms with Gasteiger partial charge in [0.05, 0.1) is 14.8 Å². The zero-order valence-corrected chi connectivity index (χ0v) is 13.8. The maximum atomic E-state index is 13.1. The molecular formula is C15H13ClF4O3S. The van der Waals surface area contributed by atoms with Gasteiger partial charge in [0.1, 0.15) is 5.82 Å². The van der Waals surface area contributed by atoms with Gasteiger partial charge < -0.3 is 5.11 Å². The van der Waals surface area contributed by atoms with E-state index in [1.165, 1.54) is 0 Å².